The number of hydrogen-bond donors (Lipinski definition) is 0. The van der Waals surface area contributed by atoms with Gasteiger partial charge in [-0.15, -0.1) is 0 Å². The number of methoxy groups -OCH3 is 2. The molecule has 0 spiro atoms. The SMILES string of the molecule is COc1cc2c(cc1OC)C(c1cc(F)cc(F)c1)=[N+](Cc1ccccc1F)CC2. The summed E-state index contributed by atoms with van der Waals surface area (Å²) < 4.78 is 55.2. The van der Waals surface area contributed by atoms with Crippen molar-refractivity contribution in [3.05, 3.63) is 94.3 Å². The van der Waals surface area contributed by atoms with Crippen LogP contribution in [0.2, 0.25) is 0 Å². The molecule has 0 unspecified atom stereocenters. The number of rotatable bonds is 5. The molecular weight excluding hydrogens is 391 g/mol. The minimum Gasteiger partial charge on any atom is -0.493 e. The highest BCUT2D eigenvalue weighted by Crippen LogP contribution is 2.34. The third-order valence-electron chi connectivity index (χ3n) is 5.29. The van der Waals surface area contributed by atoms with Crippen LogP contribution in [0, 0.1) is 17.5 Å². The molecule has 0 radical (unpaired) electrons. The molecule has 0 amide bonds. The molecule has 0 bridgehead atoms. The molecule has 0 saturated heterocycles. The van der Waals surface area contributed by atoms with Crippen molar-refractivity contribution in [3.8, 4) is 11.5 Å². The molecule has 0 N–H and O–H groups in total. The van der Waals surface area contributed by atoms with Crippen LogP contribution in [-0.2, 0) is 13.0 Å². The third-order valence-corrected chi connectivity index (χ3v) is 5.29. The van der Waals surface area contributed by atoms with Gasteiger partial charge in [0.2, 0.25) is 5.71 Å². The number of nitrogens with zero attached hydrogens (tertiary/aromatic N) is 1. The molecule has 3 aromatic carbocycles. The van der Waals surface area contributed by atoms with E-state index < -0.39 is 11.6 Å². The van der Waals surface area contributed by atoms with E-state index in [1.165, 1.54) is 25.3 Å². The first kappa shape index (κ1) is 20.0. The van der Waals surface area contributed by atoms with Crippen LogP contribution in [-0.4, -0.2) is 31.1 Å². The Bertz CT molecular complexity index is 1120. The van der Waals surface area contributed by atoms with Crippen LogP contribution in [0.3, 0.4) is 0 Å². The van der Waals surface area contributed by atoms with Crippen molar-refractivity contribution in [1.29, 1.82) is 0 Å². The molecule has 0 saturated carbocycles. The summed E-state index contributed by atoms with van der Waals surface area (Å²) in [5.74, 6) is -0.561. The molecule has 1 aliphatic rings. The van der Waals surface area contributed by atoms with E-state index >= 15 is 0 Å². The Hall–Kier alpha value is -3.28. The number of fused-ring (bicyclic) bond motifs is 1. The van der Waals surface area contributed by atoms with Crippen LogP contribution in [0.25, 0.3) is 0 Å². The van der Waals surface area contributed by atoms with Gasteiger partial charge in [0, 0.05) is 12.5 Å². The van der Waals surface area contributed by atoms with Gasteiger partial charge in [0.05, 0.1) is 30.9 Å². The minimum absolute atomic E-state index is 0.272. The predicted molar refractivity (Wildman–Crippen MR) is 108 cm³/mol. The van der Waals surface area contributed by atoms with Crippen LogP contribution in [0.5, 0.6) is 11.5 Å². The molecule has 4 rings (SSSR count). The Labute approximate surface area is 173 Å². The summed E-state index contributed by atoms with van der Waals surface area (Å²) in [4.78, 5) is 0. The predicted octanol–water partition coefficient (Wildman–Crippen LogP) is 4.73. The molecule has 6 heteroatoms. The molecule has 1 heterocycles. The van der Waals surface area contributed by atoms with Crippen molar-refractivity contribution >= 4 is 5.71 Å². The lowest BCUT2D eigenvalue weighted by Gasteiger charge is -2.21. The largest absolute Gasteiger partial charge is 0.493 e. The standard InChI is InChI=1S/C24H21F3NO2/c1-29-22-11-15-7-8-28(14-16-5-3-4-6-21(16)27)24(20(15)13-23(22)30-2)17-9-18(25)12-19(26)10-17/h3-6,9-13H,7-8,14H2,1-2H3/q+1. The lowest BCUT2D eigenvalue weighted by Crippen LogP contribution is -2.31. The highest BCUT2D eigenvalue weighted by atomic mass is 19.1. The summed E-state index contributed by atoms with van der Waals surface area (Å²) in [5, 5.41) is 0. The number of halogens is 3. The second-order valence-corrected chi connectivity index (χ2v) is 7.13. The molecule has 1 aliphatic heterocycles. The zero-order valence-electron chi connectivity index (χ0n) is 16.7. The van der Waals surface area contributed by atoms with E-state index in [9.17, 15) is 13.2 Å². The van der Waals surface area contributed by atoms with E-state index in [0.29, 0.717) is 41.3 Å². The van der Waals surface area contributed by atoms with Gasteiger partial charge < -0.3 is 9.47 Å². The van der Waals surface area contributed by atoms with Gasteiger partial charge in [0.15, 0.2) is 18.0 Å². The van der Waals surface area contributed by atoms with E-state index in [0.717, 1.165) is 17.2 Å². The number of ether oxygens (including phenoxy) is 2. The summed E-state index contributed by atoms with van der Waals surface area (Å²) in [5.41, 5.74) is 3.27. The van der Waals surface area contributed by atoms with Crippen molar-refractivity contribution in [1.82, 2.24) is 0 Å². The van der Waals surface area contributed by atoms with Crippen molar-refractivity contribution in [2.45, 2.75) is 13.0 Å². The van der Waals surface area contributed by atoms with Crippen LogP contribution in [0.4, 0.5) is 13.2 Å². The smallest absolute Gasteiger partial charge is 0.215 e. The summed E-state index contributed by atoms with van der Waals surface area (Å²) in [7, 11) is 3.09. The van der Waals surface area contributed by atoms with Gasteiger partial charge in [0.25, 0.3) is 0 Å². The summed E-state index contributed by atoms with van der Waals surface area (Å²) in [6, 6.07) is 13.6. The normalized spacial score (nSPS) is 13.2. The minimum atomic E-state index is -0.670. The first-order valence-electron chi connectivity index (χ1n) is 9.57. The average molecular weight is 412 g/mol. The summed E-state index contributed by atoms with van der Waals surface area (Å²) in [6.07, 6.45) is 0.672. The number of hydrogen-bond acceptors (Lipinski definition) is 2. The van der Waals surface area contributed by atoms with Crippen LogP contribution >= 0.6 is 0 Å². The topological polar surface area (TPSA) is 21.5 Å². The Morgan fingerprint density at radius 3 is 2.20 bits per heavy atom. The van der Waals surface area contributed by atoms with Gasteiger partial charge in [-0.25, -0.2) is 17.7 Å². The zero-order valence-corrected chi connectivity index (χ0v) is 16.7. The maximum atomic E-state index is 14.3. The van der Waals surface area contributed by atoms with E-state index in [4.69, 9.17) is 9.47 Å². The van der Waals surface area contributed by atoms with Gasteiger partial charge in [-0.1, -0.05) is 12.1 Å². The van der Waals surface area contributed by atoms with Crippen molar-refractivity contribution in [2.24, 2.45) is 0 Å². The first-order valence-corrected chi connectivity index (χ1v) is 9.57. The molecule has 0 fully saturated rings. The molecule has 3 nitrogen and oxygen atoms in total. The van der Waals surface area contributed by atoms with Gasteiger partial charge in [0.1, 0.15) is 24.0 Å². The summed E-state index contributed by atoms with van der Waals surface area (Å²) >= 11 is 0. The Balaban J connectivity index is 1.95. The average Bonchev–Trinajstić information content (AvgIpc) is 2.73. The van der Waals surface area contributed by atoms with Crippen molar-refractivity contribution in [3.63, 3.8) is 0 Å². The molecule has 154 valence electrons. The van der Waals surface area contributed by atoms with E-state index in [-0.39, 0.29) is 12.4 Å². The van der Waals surface area contributed by atoms with E-state index in [1.807, 2.05) is 10.6 Å². The van der Waals surface area contributed by atoms with Gasteiger partial charge >= 0.3 is 0 Å². The highest BCUT2D eigenvalue weighted by Gasteiger charge is 2.30. The first-order chi connectivity index (χ1) is 14.5. The van der Waals surface area contributed by atoms with Crippen molar-refractivity contribution < 1.29 is 27.2 Å². The fourth-order valence-corrected chi connectivity index (χ4v) is 3.90. The fourth-order valence-electron chi connectivity index (χ4n) is 3.90. The zero-order chi connectivity index (χ0) is 21.3. The maximum absolute atomic E-state index is 14.3. The second kappa shape index (κ2) is 8.22. The molecule has 0 atom stereocenters. The van der Waals surface area contributed by atoms with E-state index in [2.05, 4.69) is 0 Å². The molecule has 0 aromatic heterocycles. The second-order valence-electron chi connectivity index (χ2n) is 7.13. The number of benzene rings is 3. The summed E-state index contributed by atoms with van der Waals surface area (Å²) in [6.45, 7) is 0.832. The maximum Gasteiger partial charge on any atom is 0.215 e. The molecule has 0 aliphatic carbocycles. The lowest BCUT2D eigenvalue weighted by molar-refractivity contribution is -0.544. The Kier molecular flexibility index (Phi) is 5.48. The lowest BCUT2D eigenvalue weighted by atomic mass is 9.91. The Morgan fingerprint density at radius 2 is 1.53 bits per heavy atom. The quantitative estimate of drug-likeness (QED) is 0.565. The van der Waals surface area contributed by atoms with Crippen LogP contribution < -0.4 is 9.47 Å². The highest BCUT2D eigenvalue weighted by molar-refractivity contribution is 6.11. The fraction of sp³-hybridized carbons (Fsp3) is 0.208. The Morgan fingerprint density at radius 1 is 0.867 bits per heavy atom. The van der Waals surface area contributed by atoms with E-state index in [1.54, 1.807) is 31.4 Å². The van der Waals surface area contributed by atoms with Crippen LogP contribution in [0.15, 0.2) is 54.6 Å². The van der Waals surface area contributed by atoms with Crippen molar-refractivity contribution in [2.75, 3.05) is 20.8 Å². The third kappa shape index (κ3) is 3.77. The molecule has 3 aromatic rings. The molecular formula is C24H21F3NO2+. The van der Waals surface area contributed by atoms with Gasteiger partial charge in [-0.3, -0.25) is 0 Å². The monoisotopic (exact) mass is 412 g/mol. The molecule has 30 heavy (non-hydrogen) atoms. The van der Waals surface area contributed by atoms with Gasteiger partial charge in [-0.2, -0.15) is 0 Å². The van der Waals surface area contributed by atoms with Crippen LogP contribution in [0.1, 0.15) is 22.3 Å². The van der Waals surface area contributed by atoms with Gasteiger partial charge in [-0.05, 0) is 42.0 Å².